The molecule has 4 nitrogen and oxygen atoms in total. The maximum Gasteiger partial charge on any atom is 0.411 e. The molecule has 0 aliphatic carbocycles. The van der Waals surface area contributed by atoms with Crippen molar-refractivity contribution in [1.29, 1.82) is 0 Å². The average molecular weight is 253 g/mol. The average Bonchev–Trinajstić information content (AvgIpc) is 2.57. The smallest absolute Gasteiger partial charge is 0.411 e. The quantitative estimate of drug-likeness (QED) is 0.743. The first-order chi connectivity index (χ1) is 8.18. The van der Waals surface area contributed by atoms with Crippen molar-refractivity contribution >= 4 is 23.4 Å². The molecule has 0 spiro atoms. The highest BCUT2D eigenvalue weighted by Gasteiger charge is 2.36. The lowest BCUT2D eigenvalue weighted by Crippen LogP contribution is -2.31. The van der Waals surface area contributed by atoms with E-state index in [0.717, 1.165) is 25.1 Å². The SMILES string of the molecule is O=C(O)N1C[C@@H]2CNCCc3ccc(Cl)c1c32. The van der Waals surface area contributed by atoms with E-state index in [9.17, 15) is 9.90 Å². The topological polar surface area (TPSA) is 52.6 Å². The number of nitrogens with one attached hydrogen (secondary N) is 1. The van der Waals surface area contributed by atoms with Gasteiger partial charge in [-0.15, -0.1) is 0 Å². The summed E-state index contributed by atoms with van der Waals surface area (Å²) in [5.74, 6) is 0.234. The van der Waals surface area contributed by atoms with Gasteiger partial charge in [-0.1, -0.05) is 17.7 Å². The maximum atomic E-state index is 11.2. The van der Waals surface area contributed by atoms with Gasteiger partial charge >= 0.3 is 6.09 Å². The molecule has 2 heterocycles. The Morgan fingerprint density at radius 3 is 3.12 bits per heavy atom. The van der Waals surface area contributed by atoms with E-state index < -0.39 is 6.09 Å². The largest absolute Gasteiger partial charge is 0.465 e. The standard InChI is InChI=1S/C12H13ClN2O2/c13-9-2-1-7-3-4-14-5-8-6-15(12(16)17)11(9)10(7)8/h1-2,8,14H,3-6H2,(H,16,17)/t8-/m0/s1. The van der Waals surface area contributed by atoms with E-state index >= 15 is 0 Å². The van der Waals surface area contributed by atoms with Gasteiger partial charge in [0.25, 0.3) is 0 Å². The Balaban J connectivity index is 2.20. The molecule has 0 fully saturated rings. The number of benzene rings is 1. The van der Waals surface area contributed by atoms with Crippen molar-refractivity contribution in [2.75, 3.05) is 24.5 Å². The lowest BCUT2D eigenvalue weighted by atomic mass is 9.95. The van der Waals surface area contributed by atoms with Crippen LogP contribution in [0.15, 0.2) is 12.1 Å². The third-order valence-electron chi connectivity index (χ3n) is 3.53. The molecule has 3 rings (SSSR count). The second-order valence-electron chi connectivity index (χ2n) is 4.51. The number of nitrogens with zero attached hydrogens (tertiary/aromatic N) is 1. The van der Waals surface area contributed by atoms with Gasteiger partial charge in [0, 0.05) is 19.0 Å². The molecule has 1 aromatic carbocycles. The Kier molecular flexibility index (Phi) is 2.49. The molecule has 0 radical (unpaired) electrons. The number of hydrogen-bond donors (Lipinski definition) is 2. The molecule has 17 heavy (non-hydrogen) atoms. The molecule has 2 aliphatic rings. The summed E-state index contributed by atoms with van der Waals surface area (Å²) >= 11 is 6.15. The Labute approximate surface area is 104 Å². The number of carboxylic acid groups (broad SMARTS) is 1. The zero-order valence-corrected chi connectivity index (χ0v) is 10.00. The Morgan fingerprint density at radius 1 is 1.53 bits per heavy atom. The van der Waals surface area contributed by atoms with E-state index in [1.54, 1.807) is 6.07 Å². The minimum atomic E-state index is -0.923. The fourth-order valence-corrected chi connectivity index (χ4v) is 3.08. The van der Waals surface area contributed by atoms with E-state index in [-0.39, 0.29) is 5.92 Å². The number of carbonyl (C=O) groups is 1. The number of amides is 1. The van der Waals surface area contributed by atoms with Gasteiger partial charge in [-0.3, -0.25) is 4.90 Å². The Hall–Kier alpha value is -1.26. The summed E-state index contributed by atoms with van der Waals surface area (Å²) in [6.07, 6.45) is 0.0112. The molecule has 0 saturated carbocycles. The van der Waals surface area contributed by atoms with Crippen LogP contribution in [0, 0.1) is 0 Å². The molecule has 0 saturated heterocycles. The minimum Gasteiger partial charge on any atom is -0.465 e. The van der Waals surface area contributed by atoms with E-state index in [1.165, 1.54) is 10.5 Å². The van der Waals surface area contributed by atoms with Crippen molar-refractivity contribution in [3.05, 3.63) is 28.3 Å². The molecule has 5 heteroatoms. The molecule has 1 amide bonds. The molecule has 90 valence electrons. The molecule has 1 atom stereocenters. The first-order valence-electron chi connectivity index (χ1n) is 5.71. The summed E-state index contributed by atoms with van der Waals surface area (Å²) in [6, 6.07) is 3.83. The van der Waals surface area contributed by atoms with Gasteiger partial charge in [-0.05, 0) is 30.2 Å². The number of halogens is 1. The van der Waals surface area contributed by atoms with Crippen LogP contribution >= 0.6 is 11.6 Å². The summed E-state index contributed by atoms with van der Waals surface area (Å²) in [4.78, 5) is 12.6. The van der Waals surface area contributed by atoms with Crippen LogP contribution in [-0.4, -0.2) is 30.8 Å². The summed E-state index contributed by atoms with van der Waals surface area (Å²) in [7, 11) is 0. The maximum absolute atomic E-state index is 11.2. The lowest BCUT2D eigenvalue weighted by Gasteiger charge is -2.15. The van der Waals surface area contributed by atoms with Gasteiger partial charge in [0.2, 0.25) is 0 Å². The molecule has 0 unspecified atom stereocenters. The van der Waals surface area contributed by atoms with Crippen LogP contribution in [0.1, 0.15) is 17.0 Å². The summed E-state index contributed by atoms with van der Waals surface area (Å²) in [6.45, 7) is 2.27. The van der Waals surface area contributed by atoms with Crippen LogP contribution in [0.5, 0.6) is 0 Å². The molecule has 2 aliphatic heterocycles. The third kappa shape index (κ3) is 1.59. The second kappa shape index (κ2) is 3.89. The fraction of sp³-hybridized carbons (Fsp3) is 0.417. The van der Waals surface area contributed by atoms with Crippen molar-refractivity contribution in [2.24, 2.45) is 0 Å². The van der Waals surface area contributed by atoms with Crippen molar-refractivity contribution in [3.63, 3.8) is 0 Å². The summed E-state index contributed by atoms with van der Waals surface area (Å²) in [5.41, 5.74) is 3.05. The zero-order valence-electron chi connectivity index (χ0n) is 9.24. The predicted octanol–water partition coefficient (Wildman–Crippen LogP) is 2.07. The zero-order chi connectivity index (χ0) is 12.0. The number of hydrogen-bond acceptors (Lipinski definition) is 2. The van der Waals surface area contributed by atoms with Crippen molar-refractivity contribution in [2.45, 2.75) is 12.3 Å². The van der Waals surface area contributed by atoms with Crippen LogP contribution < -0.4 is 10.2 Å². The minimum absolute atomic E-state index is 0.234. The normalized spacial score (nSPS) is 22.2. The van der Waals surface area contributed by atoms with Crippen LogP contribution in [0.25, 0.3) is 0 Å². The van der Waals surface area contributed by atoms with Crippen molar-refractivity contribution in [3.8, 4) is 0 Å². The van der Waals surface area contributed by atoms with Gasteiger partial charge in [-0.25, -0.2) is 4.79 Å². The summed E-state index contributed by atoms with van der Waals surface area (Å²) < 4.78 is 0. The Bertz CT molecular complexity index is 490. The molecule has 0 bridgehead atoms. The van der Waals surface area contributed by atoms with Crippen molar-refractivity contribution in [1.82, 2.24) is 5.32 Å². The molecule has 0 aromatic heterocycles. The van der Waals surface area contributed by atoms with Crippen LogP contribution in [-0.2, 0) is 6.42 Å². The highest BCUT2D eigenvalue weighted by molar-refractivity contribution is 6.34. The fourth-order valence-electron chi connectivity index (χ4n) is 2.81. The first-order valence-corrected chi connectivity index (χ1v) is 6.08. The van der Waals surface area contributed by atoms with Crippen LogP contribution in [0.3, 0.4) is 0 Å². The van der Waals surface area contributed by atoms with Crippen molar-refractivity contribution < 1.29 is 9.90 Å². The van der Waals surface area contributed by atoms with Crippen LogP contribution in [0.2, 0.25) is 5.02 Å². The van der Waals surface area contributed by atoms with Gasteiger partial charge in [0.15, 0.2) is 0 Å². The highest BCUT2D eigenvalue weighted by Crippen LogP contribution is 2.43. The number of anilines is 1. The van der Waals surface area contributed by atoms with Crippen LogP contribution in [0.4, 0.5) is 10.5 Å². The highest BCUT2D eigenvalue weighted by atomic mass is 35.5. The van der Waals surface area contributed by atoms with E-state index in [4.69, 9.17) is 11.6 Å². The van der Waals surface area contributed by atoms with E-state index in [1.807, 2.05) is 6.07 Å². The van der Waals surface area contributed by atoms with E-state index in [2.05, 4.69) is 5.32 Å². The van der Waals surface area contributed by atoms with E-state index in [0.29, 0.717) is 17.3 Å². The van der Waals surface area contributed by atoms with Gasteiger partial charge < -0.3 is 10.4 Å². The molecule has 2 N–H and O–H groups in total. The molecular formula is C12H13ClN2O2. The summed E-state index contributed by atoms with van der Waals surface area (Å²) in [5, 5.41) is 13.1. The second-order valence-corrected chi connectivity index (χ2v) is 4.92. The Morgan fingerprint density at radius 2 is 2.35 bits per heavy atom. The van der Waals surface area contributed by atoms with Gasteiger partial charge in [0.05, 0.1) is 10.7 Å². The monoisotopic (exact) mass is 252 g/mol. The molecular weight excluding hydrogens is 240 g/mol. The van der Waals surface area contributed by atoms with Gasteiger partial charge in [0.1, 0.15) is 0 Å². The third-order valence-corrected chi connectivity index (χ3v) is 3.84. The van der Waals surface area contributed by atoms with Gasteiger partial charge in [-0.2, -0.15) is 0 Å². The predicted molar refractivity (Wildman–Crippen MR) is 66.1 cm³/mol. The lowest BCUT2D eigenvalue weighted by molar-refractivity contribution is 0.202. The number of rotatable bonds is 0. The molecule has 1 aromatic rings. The first kappa shape index (κ1) is 10.9.